The monoisotopic (exact) mass is 537 g/mol. The first-order valence-electron chi connectivity index (χ1n) is 14.9. The number of hydrogen-bond acceptors (Lipinski definition) is 3. The summed E-state index contributed by atoms with van der Waals surface area (Å²) in [6.45, 7) is 20.0. The molecule has 2 aromatic rings. The van der Waals surface area contributed by atoms with E-state index in [-0.39, 0.29) is 17.8 Å². The van der Waals surface area contributed by atoms with Gasteiger partial charge in [0.15, 0.2) is 5.83 Å². The Hall–Kier alpha value is -2.50. The predicted molar refractivity (Wildman–Crippen MR) is 163 cm³/mol. The molecule has 2 heterocycles. The Balaban J connectivity index is 0.00000100. The van der Waals surface area contributed by atoms with E-state index in [1.807, 2.05) is 52.8 Å². The molecule has 3 aliphatic rings. The smallest absolute Gasteiger partial charge is 0.162 e. The molecule has 3 nitrogen and oxygen atoms in total. The van der Waals surface area contributed by atoms with E-state index in [0.717, 1.165) is 68.9 Å². The van der Waals surface area contributed by atoms with Crippen LogP contribution in [0.4, 0.5) is 14.5 Å². The molecule has 0 amide bonds. The molecule has 1 aliphatic carbocycles. The van der Waals surface area contributed by atoms with Crippen LogP contribution in [-0.4, -0.2) is 37.7 Å². The second-order valence-electron chi connectivity index (χ2n) is 11.0. The third-order valence-electron chi connectivity index (χ3n) is 8.02. The maximum absolute atomic E-state index is 14.8. The Morgan fingerprint density at radius 3 is 2.23 bits per heavy atom. The molecule has 0 saturated carbocycles. The van der Waals surface area contributed by atoms with Crippen LogP contribution in [0.3, 0.4) is 0 Å². The highest BCUT2D eigenvalue weighted by Gasteiger charge is 2.38. The molecule has 0 aromatic heterocycles. The first-order valence-corrected chi connectivity index (χ1v) is 14.9. The summed E-state index contributed by atoms with van der Waals surface area (Å²) < 4.78 is 29.1. The Bertz CT molecular complexity index is 1130. The Labute approximate surface area is 236 Å². The average Bonchev–Trinajstić information content (AvgIpc) is 2.95. The van der Waals surface area contributed by atoms with Gasteiger partial charge in [0.25, 0.3) is 0 Å². The van der Waals surface area contributed by atoms with Gasteiger partial charge in [-0.25, -0.2) is 8.78 Å². The summed E-state index contributed by atoms with van der Waals surface area (Å²) in [5, 5.41) is 3.66. The highest BCUT2D eigenvalue weighted by molar-refractivity contribution is 5.80. The topological polar surface area (TPSA) is 18.5 Å². The lowest BCUT2D eigenvalue weighted by Crippen LogP contribution is -2.57. The number of halogens is 2. The molecule has 0 radical (unpaired) electrons. The first-order chi connectivity index (χ1) is 18.8. The molecular formula is C34H49F2N3. The summed E-state index contributed by atoms with van der Waals surface area (Å²) in [5.41, 5.74) is 6.34. The van der Waals surface area contributed by atoms with E-state index in [2.05, 4.69) is 59.3 Å². The van der Waals surface area contributed by atoms with Crippen molar-refractivity contribution in [1.29, 1.82) is 0 Å². The zero-order valence-corrected chi connectivity index (χ0v) is 25.2. The van der Waals surface area contributed by atoms with E-state index in [1.165, 1.54) is 11.3 Å². The van der Waals surface area contributed by atoms with Crippen molar-refractivity contribution >= 4 is 11.3 Å². The van der Waals surface area contributed by atoms with Crippen LogP contribution >= 0.6 is 0 Å². The summed E-state index contributed by atoms with van der Waals surface area (Å²) in [5.74, 6) is -1.30. The molecule has 2 fully saturated rings. The third-order valence-corrected chi connectivity index (χ3v) is 8.02. The van der Waals surface area contributed by atoms with Gasteiger partial charge in [-0.2, -0.15) is 0 Å². The molecule has 39 heavy (non-hydrogen) atoms. The van der Waals surface area contributed by atoms with Gasteiger partial charge in [0.1, 0.15) is 5.83 Å². The largest absolute Gasteiger partial charge is 0.358 e. The number of hydrogen-bond donors (Lipinski definition) is 1. The lowest BCUT2D eigenvalue weighted by molar-refractivity contribution is 0.0905. The van der Waals surface area contributed by atoms with Gasteiger partial charge < -0.3 is 4.90 Å². The van der Waals surface area contributed by atoms with Crippen molar-refractivity contribution < 1.29 is 8.78 Å². The van der Waals surface area contributed by atoms with Gasteiger partial charge in [-0.1, -0.05) is 82.2 Å². The predicted octanol–water partition coefficient (Wildman–Crippen LogP) is 8.58. The minimum atomic E-state index is -0.685. The van der Waals surface area contributed by atoms with E-state index in [9.17, 15) is 8.78 Å². The second-order valence-corrected chi connectivity index (χ2v) is 11.0. The summed E-state index contributed by atoms with van der Waals surface area (Å²) in [4.78, 5) is 4.96. The van der Waals surface area contributed by atoms with Crippen LogP contribution in [0.15, 0.2) is 60.2 Å². The van der Waals surface area contributed by atoms with Crippen LogP contribution in [0.1, 0.15) is 76.1 Å². The van der Waals surface area contributed by atoms with Crippen molar-refractivity contribution in [2.75, 3.05) is 37.7 Å². The van der Waals surface area contributed by atoms with Crippen LogP contribution in [0, 0.1) is 25.2 Å². The molecule has 5 heteroatoms. The number of piperidine rings is 1. The molecule has 1 unspecified atom stereocenters. The maximum Gasteiger partial charge on any atom is 0.162 e. The fourth-order valence-electron chi connectivity index (χ4n) is 5.93. The van der Waals surface area contributed by atoms with Crippen molar-refractivity contribution in [2.24, 2.45) is 11.3 Å². The zero-order valence-electron chi connectivity index (χ0n) is 25.2. The Kier molecular flexibility index (Phi) is 11.3. The van der Waals surface area contributed by atoms with Gasteiger partial charge in [0, 0.05) is 42.7 Å². The van der Waals surface area contributed by atoms with Gasteiger partial charge in [0.2, 0.25) is 0 Å². The van der Waals surface area contributed by atoms with Gasteiger partial charge in [-0.05, 0) is 69.0 Å². The average molecular weight is 538 g/mol. The van der Waals surface area contributed by atoms with Crippen LogP contribution in [0.2, 0.25) is 0 Å². The molecule has 2 aliphatic heterocycles. The molecule has 1 spiro atoms. The fraction of sp³-hybridized carbons (Fsp3) is 0.529. The van der Waals surface area contributed by atoms with E-state index >= 15 is 0 Å². The van der Waals surface area contributed by atoms with E-state index in [4.69, 9.17) is 0 Å². The van der Waals surface area contributed by atoms with Crippen molar-refractivity contribution in [3.05, 3.63) is 82.4 Å². The number of likely N-dealkylation sites (tertiary alicyclic amines) is 1. The number of aryl methyl sites for hydroxylation is 2. The van der Waals surface area contributed by atoms with E-state index in [1.54, 1.807) is 0 Å². The van der Waals surface area contributed by atoms with Crippen LogP contribution in [-0.2, 0) is 6.54 Å². The first kappa shape index (κ1) is 31.0. The molecule has 214 valence electrons. The highest BCUT2D eigenvalue weighted by Crippen LogP contribution is 2.39. The Morgan fingerprint density at radius 1 is 0.923 bits per heavy atom. The molecule has 5 rings (SSSR count). The number of anilines is 1. The minimum absolute atomic E-state index is 0.00350. The standard InChI is InChI=1S/C30H37F2N3.2C2H6/c1-21-4-7-25(8-5-21)35-19-30(18-33-20-35)10-12-34(13-11-30)17-24-14-22(2)6-9-26(24)27-15-23(3)16-28(31)29(27)32;2*1-2/h4-9,14-15,23,33H,10-13,16-20H2,1-3H3;2*1-2H3. The highest BCUT2D eigenvalue weighted by atomic mass is 19.2. The number of benzene rings is 2. The third kappa shape index (κ3) is 7.58. The number of nitrogens with one attached hydrogen (secondary N) is 1. The van der Waals surface area contributed by atoms with Gasteiger partial charge in [-0.3, -0.25) is 10.2 Å². The van der Waals surface area contributed by atoms with Crippen LogP contribution < -0.4 is 10.2 Å². The van der Waals surface area contributed by atoms with Crippen LogP contribution in [0.5, 0.6) is 0 Å². The zero-order chi connectivity index (χ0) is 28.6. The lowest BCUT2D eigenvalue weighted by atomic mass is 9.76. The molecule has 2 saturated heterocycles. The van der Waals surface area contributed by atoms with Gasteiger partial charge in [0.05, 0.1) is 6.67 Å². The van der Waals surface area contributed by atoms with Gasteiger partial charge in [-0.15, -0.1) is 0 Å². The molecule has 2 aromatic carbocycles. The quantitative estimate of drug-likeness (QED) is 0.421. The number of rotatable bonds is 4. The summed E-state index contributed by atoms with van der Waals surface area (Å²) in [6, 6.07) is 14.9. The van der Waals surface area contributed by atoms with Crippen LogP contribution in [0.25, 0.3) is 5.57 Å². The summed E-state index contributed by atoms with van der Waals surface area (Å²) in [7, 11) is 0. The Morgan fingerprint density at radius 2 is 1.56 bits per heavy atom. The van der Waals surface area contributed by atoms with Gasteiger partial charge >= 0.3 is 0 Å². The SMILES string of the molecule is CC.CC.Cc1ccc(N2CNCC3(CCN(Cc4cc(C)ccc4C4=CC(C)CC(F)=C4F)CC3)C2)cc1. The second kappa shape index (κ2) is 14.2. The molecule has 1 atom stereocenters. The molecular weight excluding hydrogens is 488 g/mol. The number of allylic oxidation sites excluding steroid dienone is 4. The minimum Gasteiger partial charge on any atom is -0.358 e. The summed E-state index contributed by atoms with van der Waals surface area (Å²) in [6.07, 6.45) is 4.31. The van der Waals surface area contributed by atoms with Crippen molar-refractivity contribution in [1.82, 2.24) is 10.2 Å². The maximum atomic E-state index is 14.8. The fourth-order valence-corrected chi connectivity index (χ4v) is 5.93. The normalized spacial score (nSPS) is 21.0. The van der Waals surface area contributed by atoms with Crippen molar-refractivity contribution in [2.45, 2.75) is 74.3 Å². The number of nitrogens with zero attached hydrogens (tertiary/aromatic N) is 2. The van der Waals surface area contributed by atoms with E-state index in [0.29, 0.717) is 5.57 Å². The van der Waals surface area contributed by atoms with Crippen molar-refractivity contribution in [3.63, 3.8) is 0 Å². The summed E-state index contributed by atoms with van der Waals surface area (Å²) >= 11 is 0. The molecule has 1 N–H and O–H groups in total. The van der Waals surface area contributed by atoms with Crippen molar-refractivity contribution in [3.8, 4) is 0 Å². The lowest BCUT2D eigenvalue weighted by Gasteiger charge is -2.48. The van der Waals surface area contributed by atoms with E-state index < -0.39 is 11.7 Å². The molecule has 0 bridgehead atoms.